The Hall–Kier alpha value is -1.27. The number of nitrogens with zero attached hydrogens (tertiary/aromatic N) is 1. The molecule has 0 spiro atoms. The molecule has 0 aromatic carbocycles. The molecule has 2 atom stereocenters. The molecule has 1 rings (SSSR count). The first-order valence-electron chi connectivity index (χ1n) is 6.08. The van der Waals surface area contributed by atoms with Crippen LogP contribution in [0.5, 0.6) is 0 Å². The van der Waals surface area contributed by atoms with Crippen molar-refractivity contribution in [2.45, 2.75) is 52.4 Å². The molecule has 0 saturated carbocycles. The van der Waals surface area contributed by atoms with E-state index >= 15 is 0 Å². The molecule has 1 N–H and O–H groups in total. The Kier molecular flexibility index (Phi) is 4.17. The Morgan fingerprint density at radius 1 is 1.32 bits per heavy atom. The predicted octanol–water partition coefficient (Wildman–Crippen LogP) is 1.70. The van der Waals surface area contributed by atoms with Gasteiger partial charge in [0.05, 0.1) is 13.0 Å². The van der Waals surface area contributed by atoms with Crippen LogP contribution in [0.3, 0.4) is 0 Å². The van der Waals surface area contributed by atoms with Crippen molar-refractivity contribution in [1.29, 1.82) is 0 Å². The lowest BCUT2D eigenvalue weighted by atomic mass is 9.84. The van der Waals surface area contributed by atoms with Crippen LogP contribution in [-0.4, -0.2) is 41.5 Å². The van der Waals surface area contributed by atoms with Crippen LogP contribution < -0.4 is 5.32 Å². The van der Waals surface area contributed by atoms with E-state index in [0.717, 1.165) is 4.90 Å². The second kappa shape index (κ2) is 5.02. The van der Waals surface area contributed by atoms with Crippen LogP contribution in [0.15, 0.2) is 0 Å². The van der Waals surface area contributed by atoms with Gasteiger partial charge >= 0.3 is 6.18 Å². The van der Waals surface area contributed by atoms with E-state index in [1.54, 1.807) is 20.8 Å². The van der Waals surface area contributed by atoms with Gasteiger partial charge in [-0.3, -0.25) is 9.59 Å². The van der Waals surface area contributed by atoms with Gasteiger partial charge in [0.1, 0.15) is 6.04 Å². The van der Waals surface area contributed by atoms with Gasteiger partial charge in [-0.1, -0.05) is 20.8 Å². The third kappa shape index (κ3) is 4.11. The molecule has 1 saturated heterocycles. The number of piperazine rings is 1. The third-order valence-electron chi connectivity index (χ3n) is 3.07. The number of hydrogen-bond acceptors (Lipinski definition) is 2. The minimum absolute atomic E-state index is 0.317. The number of hydrogen-bond donors (Lipinski definition) is 1. The highest BCUT2D eigenvalue weighted by molar-refractivity contribution is 5.95. The molecule has 1 heterocycles. The summed E-state index contributed by atoms with van der Waals surface area (Å²) in [7, 11) is 0. The smallest absolute Gasteiger partial charge is 0.342 e. The summed E-state index contributed by atoms with van der Waals surface area (Å²) in [6.45, 7) is 6.27. The summed E-state index contributed by atoms with van der Waals surface area (Å²) in [5.41, 5.74) is -0.538. The van der Waals surface area contributed by atoms with Crippen LogP contribution >= 0.6 is 0 Å². The molecule has 2 unspecified atom stereocenters. The number of nitrogens with one attached hydrogen (secondary N) is 1. The van der Waals surface area contributed by atoms with Gasteiger partial charge in [0.25, 0.3) is 0 Å². The topological polar surface area (TPSA) is 49.4 Å². The van der Waals surface area contributed by atoms with E-state index in [-0.39, 0.29) is 6.54 Å². The Morgan fingerprint density at radius 2 is 1.84 bits per heavy atom. The average molecular weight is 280 g/mol. The van der Waals surface area contributed by atoms with Crippen LogP contribution in [0, 0.1) is 5.41 Å². The first kappa shape index (κ1) is 15.8. The zero-order valence-corrected chi connectivity index (χ0v) is 11.5. The van der Waals surface area contributed by atoms with Gasteiger partial charge in [-0.05, 0) is 12.3 Å². The fraction of sp³-hybridized carbons (Fsp3) is 0.833. The quantitative estimate of drug-likeness (QED) is 0.837. The molecule has 110 valence electrons. The molecule has 1 fully saturated rings. The molecular weight excluding hydrogens is 261 g/mol. The van der Waals surface area contributed by atoms with Crippen LogP contribution in [-0.2, 0) is 9.59 Å². The predicted molar refractivity (Wildman–Crippen MR) is 63.2 cm³/mol. The van der Waals surface area contributed by atoms with Crippen molar-refractivity contribution in [3.63, 3.8) is 0 Å². The second-order valence-electron chi connectivity index (χ2n) is 6.00. The van der Waals surface area contributed by atoms with Gasteiger partial charge in [0, 0.05) is 6.04 Å². The highest BCUT2D eigenvalue weighted by Gasteiger charge is 2.43. The first-order valence-corrected chi connectivity index (χ1v) is 6.08. The Balaban J connectivity index is 2.89. The summed E-state index contributed by atoms with van der Waals surface area (Å²) >= 11 is 0. The summed E-state index contributed by atoms with van der Waals surface area (Å²) in [6.07, 6.45) is -5.46. The van der Waals surface area contributed by atoms with E-state index in [1.165, 1.54) is 6.92 Å². The summed E-state index contributed by atoms with van der Waals surface area (Å²) in [5, 5.41) is 2.54. The standard InChI is InChI=1S/C12H19F3N2O2/c1-7(5-12(13,14)15)17-6-8(18)16-9(10(17)19)11(2,3)4/h7,9H,5-6H2,1-4H3,(H,16,18). The average Bonchev–Trinajstić information content (AvgIpc) is 2.16. The van der Waals surface area contributed by atoms with E-state index in [1.807, 2.05) is 0 Å². The van der Waals surface area contributed by atoms with Gasteiger partial charge in [-0.15, -0.1) is 0 Å². The molecule has 4 nitrogen and oxygen atoms in total. The first-order chi connectivity index (χ1) is 8.42. The van der Waals surface area contributed by atoms with Crippen molar-refractivity contribution in [2.24, 2.45) is 5.41 Å². The molecule has 0 aromatic heterocycles. The van der Waals surface area contributed by atoms with Gasteiger partial charge in [-0.2, -0.15) is 13.2 Å². The zero-order chi connectivity index (χ0) is 15.0. The Morgan fingerprint density at radius 3 is 2.26 bits per heavy atom. The lowest BCUT2D eigenvalue weighted by Crippen LogP contribution is -2.64. The largest absolute Gasteiger partial charge is 0.391 e. The number of rotatable bonds is 2. The van der Waals surface area contributed by atoms with Crippen molar-refractivity contribution in [1.82, 2.24) is 10.2 Å². The summed E-state index contributed by atoms with van der Waals surface area (Å²) in [4.78, 5) is 24.8. The van der Waals surface area contributed by atoms with Crippen LogP contribution in [0.2, 0.25) is 0 Å². The molecule has 19 heavy (non-hydrogen) atoms. The van der Waals surface area contributed by atoms with E-state index in [2.05, 4.69) is 5.32 Å². The SMILES string of the molecule is CC(CC(F)(F)F)N1CC(=O)NC(C(C)(C)C)C1=O. The molecule has 0 aliphatic carbocycles. The highest BCUT2D eigenvalue weighted by Crippen LogP contribution is 2.28. The fourth-order valence-electron chi connectivity index (χ4n) is 2.07. The molecule has 0 radical (unpaired) electrons. The van der Waals surface area contributed by atoms with E-state index < -0.39 is 41.9 Å². The molecule has 1 aliphatic heterocycles. The lowest BCUT2D eigenvalue weighted by Gasteiger charge is -2.41. The third-order valence-corrected chi connectivity index (χ3v) is 3.07. The zero-order valence-electron chi connectivity index (χ0n) is 11.5. The van der Waals surface area contributed by atoms with Crippen molar-refractivity contribution in [2.75, 3.05) is 6.54 Å². The van der Waals surface area contributed by atoms with Gasteiger partial charge < -0.3 is 10.2 Å². The normalized spacial score (nSPS) is 23.3. The van der Waals surface area contributed by atoms with E-state index in [9.17, 15) is 22.8 Å². The van der Waals surface area contributed by atoms with Crippen molar-refractivity contribution in [3.8, 4) is 0 Å². The molecular formula is C12H19F3N2O2. The van der Waals surface area contributed by atoms with Crippen molar-refractivity contribution in [3.05, 3.63) is 0 Å². The maximum absolute atomic E-state index is 12.4. The number of halogens is 3. The minimum atomic E-state index is -4.36. The van der Waals surface area contributed by atoms with Gasteiger partial charge in [0.15, 0.2) is 0 Å². The number of carbonyl (C=O) groups is 2. The molecule has 7 heteroatoms. The van der Waals surface area contributed by atoms with Crippen LogP contribution in [0.1, 0.15) is 34.1 Å². The van der Waals surface area contributed by atoms with E-state index in [4.69, 9.17) is 0 Å². The van der Waals surface area contributed by atoms with Crippen LogP contribution in [0.25, 0.3) is 0 Å². The molecule has 2 amide bonds. The maximum atomic E-state index is 12.4. The minimum Gasteiger partial charge on any atom is -0.342 e. The number of carbonyl (C=O) groups excluding carboxylic acids is 2. The monoisotopic (exact) mass is 280 g/mol. The van der Waals surface area contributed by atoms with Gasteiger partial charge in [-0.25, -0.2) is 0 Å². The molecule has 0 aromatic rings. The highest BCUT2D eigenvalue weighted by atomic mass is 19.4. The number of alkyl halides is 3. The number of amides is 2. The lowest BCUT2D eigenvalue weighted by molar-refractivity contribution is -0.162. The van der Waals surface area contributed by atoms with Gasteiger partial charge in [0.2, 0.25) is 11.8 Å². The summed E-state index contributed by atoms with van der Waals surface area (Å²) in [5.74, 6) is -0.877. The molecule has 1 aliphatic rings. The summed E-state index contributed by atoms with van der Waals surface area (Å²) < 4.78 is 37.1. The maximum Gasteiger partial charge on any atom is 0.391 e. The molecule has 0 bridgehead atoms. The summed E-state index contributed by atoms with van der Waals surface area (Å²) in [6, 6.07) is -1.83. The van der Waals surface area contributed by atoms with Crippen molar-refractivity contribution >= 4 is 11.8 Å². The fourth-order valence-corrected chi connectivity index (χ4v) is 2.07. The second-order valence-corrected chi connectivity index (χ2v) is 6.00. The Bertz CT molecular complexity index is 374. The van der Waals surface area contributed by atoms with E-state index in [0.29, 0.717) is 0 Å². The van der Waals surface area contributed by atoms with Crippen molar-refractivity contribution < 1.29 is 22.8 Å². The Labute approximate surface area is 110 Å². The van der Waals surface area contributed by atoms with Crippen LogP contribution in [0.4, 0.5) is 13.2 Å².